The first-order valence-electron chi connectivity index (χ1n) is 9.57. The number of ether oxygens (including phenoxy) is 2. The van der Waals surface area contributed by atoms with Crippen LogP contribution in [0.5, 0.6) is 11.5 Å². The average Bonchev–Trinajstić information content (AvgIpc) is 2.77. The molecule has 0 atom stereocenters. The van der Waals surface area contributed by atoms with Crippen molar-refractivity contribution in [3.05, 3.63) is 59.7 Å². The van der Waals surface area contributed by atoms with Gasteiger partial charge in [-0.1, -0.05) is 12.1 Å². The summed E-state index contributed by atoms with van der Waals surface area (Å²) < 4.78 is 10.7. The van der Waals surface area contributed by atoms with Gasteiger partial charge in [0.1, 0.15) is 0 Å². The molecule has 1 fully saturated rings. The molecule has 0 spiro atoms. The highest BCUT2D eigenvalue weighted by atomic mass is 16.5. The van der Waals surface area contributed by atoms with Crippen molar-refractivity contribution >= 4 is 23.5 Å². The van der Waals surface area contributed by atoms with E-state index < -0.39 is 0 Å². The van der Waals surface area contributed by atoms with Gasteiger partial charge in [-0.3, -0.25) is 9.59 Å². The molecular weight excluding hydrogens is 368 g/mol. The lowest BCUT2D eigenvalue weighted by atomic mass is 10.1. The van der Waals surface area contributed by atoms with Crippen LogP contribution in [0.4, 0.5) is 5.69 Å². The molecule has 0 saturated carbocycles. The quantitative estimate of drug-likeness (QED) is 0.556. The Labute approximate surface area is 171 Å². The molecule has 0 N–H and O–H groups in total. The molecule has 0 aromatic heterocycles. The largest absolute Gasteiger partial charge is 0.493 e. The second-order valence-electron chi connectivity index (χ2n) is 6.83. The Hall–Kier alpha value is -3.28. The van der Waals surface area contributed by atoms with Crippen molar-refractivity contribution < 1.29 is 19.1 Å². The number of Topliss-reactive ketones (excluding diaryl/α,β-unsaturated/α-hetero) is 1. The van der Waals surface area contributed by atoms with Gasteiger partial charge in [0.05, 0.1) is 14.2 Å². The molecule has 1 aliphatic heterocycles. The Morgan fingerprint density at radius 3 is 2.21 bits per heavy atom. The first kappa shape index (κ1) is 20.5. The molecule has 6 nitrogen and oxygen atoms in total. The van der Waals surface area contributed by atoms with Crippen LogP contribution in [0, 0.1) is 0 Å². The van der Waals surface area contributed by atoms with Crippen molar-refractivity contribution in [1.29, 1.82) is 0 Å². The number of para-hydroxylation sites is 1. The van der Waals surface area contributed by atoms with E-state index in [0.717, 1.165) is 24.3 Å². The highest BCUT2D eigenvalue weighted by Gasteiger charge is 2.20. The zero-order valence-electron chi connectivity index (χ0n) is 17.1. The molecule has 0 radical (unpaired) electrons. The fourth-order valence-electron chi connectivity index (χ4n) is 3.40. The number of carbonyl (C=O) groups is 2. The van der Waals surface area contributed by atoms with Crippen LogP contribution in [0.3, 0.4) is 0 Å². The molecule has 1 amide bonds. The summed E-state index contributed by atoms with van der Waals surface area (Å²) >= 11 is 0. The molecule has 0 unspecified atom stereocenters. The third kappa shape index (κ3) is 4.77. The summed E-state index contributed by atoms with van der Waals surface area (Å²) in [5.74, 6) is 1.28. The first-order valence-corrected chi connectivity index (χ1v) is 9.57. The number of ketones is 1. The maximum absolute atomic E-state index is 12.6. The number of hydrogen-bond acceptors (Lipinski definition) is 5. The zero-order chi connectivity index (χ0) is 20.8. The van der Waals surface area contributed by atoms with Crippen molar-refractivity contribution in [3.8, 4) is 11.5 Å². The molecule has 1 aliphatic rings. The van der Waals surface area contributed by atoms with Gasteiger partial charge in [-0.15, -0.1) is 0 Å². The van der Waals surface area contributed by atoms with E-state index in [2.05, 4.69) is 4.90 Å². The summed E-state index contributed by atoms with van der Waals surface area (Å²) in [7, 11) is 3.17. The number of methoxy groups -OCH3 is 2. The van der Waals surface area contributed by atoms with Gasteiger partial charge in [0.25, 0.3) is 0 Å². The molecule has 1 saturated heterocycles. The van der Waals surface area contributed by atoms with Crippen LogP contribution >= 0.6 is 0 Å². The normalized spacial score (nSPS) is 14.2. The SMILES string of the molecule is COc1cccc(/C=C/C(=O)N2CCN(c3ccc(C(C)=O)cc3)CC2)c1OC. The van der Waals surface area contributed by atoms with E-state index in [4.69, 9.17) is 9.47 Å². The predicted octanol–water partition coefficient (Wildman–Crippen LogP) is 3.27. The van der Waals surface area contributed by atoms with Crippen molar-refractivity contribution in [1.82, 2.24) is 4.90 Å². The van der Waals surface area contributed by atoms with E-state index in [1.54, 1.807) is 33.3 Å². The highest BCUT2D eigenvalue weighted by Crippen LogP contribution is 2.31. The van der Waals surface area contributed by atoms with E-state index >= 15 is 0 Å². The number of rotatable bonds is 6. The Kier molecular flexibility index (Phi) is 6.54. The Bertz CT molecular complexity index is 898. The predicted molar refractivity (Wildman–Crippen MR) is 114 cm³/mol. The lowest BCUT2D eigenvalue weighted by molar-refractivity contribution is -0.126. The second kappa shape index (κ2) is 9.28. The average molecular weight is 394 g/mol. The lowest BCUT2D eigenvalue weighted by Crippen LogP contribution is -2.48. The van der Waals surface area contributed by atoms with Gasteiger partial charge in [-0.25, -0.2) is 0 Å². The third-order valence-electron chi connectivity index (χ3n) is 5.07. The minimum Gasteiger partial charge on any atom is -0.493 e. The van der Waals surface area contributed by atoms with Gasteiger partial charge in [-0.05, 0) is 43.3 Å². The Morgan fingerprint density at radius 1 is 0.931 bits per heavy atom. The maximum Gasteiger partial charge on any atom is 0.246 e. The van der Waals surface area contributed by atoms with Crippen molar-refractivity contribution in [2.75, 3.05) is 45.3 Å². The minimum absolute atomic E-state index is 0.0264. The summed E-state index contributed by atoms with van der Waals surface area (Å²) in [5, 5.41) is 0. The number of carbonyl (C=O) groups excluding carboxylic acids is 2. The zero-order valence-corrected chi connectivity index (χ0v) is 17.1. The van der Waals surface area contributed by atoms with Gasteiger partial charge >= 0.3 is 0 Å². The van der Waals surface area contributed by atoms with Crippen LogP contribution in [0.25, 0.3) is 6.08 Å². The second-order valence-corrected chi connectivity index (χ2v) is 6.83. The lowest BCUT2D eigenvalue weighted by Gasteiger charge is -2.35. The molecular formula is C23H26N2O4. The molecule has 1 heterocycles. The highest BCUT2D eigenvalue weighted by molar-refractivity contribution is 5.94. The number of amides is 1. The van der Waals surface area contributed by atoms with Crippen LogP contribution < -0.4 is 14.4 Å². The van der Waals surface area contributed by atoms with Gasteiger partial charge in [0, 0.05) is 49.1 Å². The number of piperazine rings is 1. The Balaban J connectivity index is 1.60. The number of hydrogen-bond donors (Lipinski definition) is 0. The van der Waals surface area contributed by atoms with Crippen LogP contribution in [0.2, 0.25) is 0 Å². The first-order chi connectivity index (χ1) is 14.0. The summed E-state index contributed by atoms with van der Waals surface area (Å²) in [6, 6.07) is 13.2. The molecule has 152 valence electrons. The number of nitrogens with zero attached hydrogens (tertiary/aromatic N) is 2. The number of benzene rings is 2. The number of anilines is 1. The molecule has 0 aliphatic carbocycles. The standard InChI is InChI=1S/C23H26N2O4/c1-17(26)18-7-10-20(11-8-18)24-13-15-25(16-14-24)22(27)12-9-19-5-4-6-21(28-2)23(19)29-3/h4-12H,13-16H2,1-3H3/b12-9+. The molecule has 2 aromatic carbocycles. The fourth-order valence-corrected chi connectivity index (χ4v) is 3.40. The molecule has 0 bridgehead atoms. The van der Waals surface area contributed by atoms with Crippen LogP contribution in [-0.2, 0) is 4.79 Å². The van der Waals surface area contributed by atoms with Crippen LogP contribution in [-0.4, -0.2) is 57.0 Å². The van der Waals surface area contributed by atoms with E-state index in [1.165, 1.54) is 0 Å². The van der Waals surface area contributed by atoms with Gasteiger partial charge in [0.15, 0.2) is 17.3 Å². The summed E-state index contributed by atoms with van der Waals surface area (Å²) in [4.78, 5) is 28.1. The van der Waals surface area contributed by atoms with Crippen molar-refractivity contribution in [2.24, 2.45) is 0 Å². The summed E-state index contributed by atoms with van der Waals surface area (Å²) in [6.07, 6.45) is 3.34. The van der Waals surface area contributed by atoms with E-state index in [9.17, 15) is 9.59 Å². The van der Waals surface area contributed by atoms with Crippen LogP contribution in [0.15, 0.2) is 48.5 Å². The summed E-state index contributed by atoms with van der Waals surface area (Å²) in [6.45, 7) is 4.36. The van der Waals surface area contributed by atoms with Crippen molar-refractivity contribution in [2.45, 2.75) is 6.92 Å². The van der Waals surface area contributed by atoms with Crippen molar-refractivity contribution in [3.63, 3.8) is 0 Å². The smallest absolute Gasteiger partial charge is 0.246 e. The maximum atomic E-state index is 12.6. The van der Waals surface area contributed by atoms with Gasteiger partial charge in [-0.2, -0.15) is 0 Å². The monoisotopic (exact) mass is 394 g/mol. The molecule has 6 heteroatoms. The van der Waals surface area contributed by atoms with E-state index in [0.29, 0.717) is 30.2 Å². The third-order valence-corrected chi connectivity index (χ3v) is 5.07. The summed E-state index contributed by atoms with van der Waals surface area (Å²) in [5.41, 5.74) is 2.57. The van der Waals surface area contributed by atoms with Gasteiger partial charge in [0.2, 0.25) is 5.91 Å². The minimum atomic E-state index is -0.0264. The fraction of sp³-hybridized carbons (Fsp3) is 0.304. The molecule has 29 heavy (non-hydrogen) atoms. The topological polar surface area (TPSA) is 59.1 Å². The van der Waals surface area contributed by atoms with Crippen LogP contribution in [0.1, 0.15) is 22.8 Å². The van der Waals surface area contributed by atoms with E-state index in [-0.39, 0.29) is 11.7 Å². The Morgan fingerprint density at radius 2 is 1.62 bits per heavy atom. The van der Waals surface area contributed by atoms with E-state index in [1.807, 2.05) is 47.4 Å². The molecule has 2 aromatic rings. The molecule has 3 rings (SSSR count). The van der Waals surface area contributed by atoms with Gasteiger partial charge < -0.3 is 19.3 Å².